The zero-order chi connectivity index (χ0) is 16.4. The van der Waals surface area contributed by atoms with Crippen LogP contribution in [0.3, 0.4) is 0 Å². The lowest BCUT2D eigenvalue weighted by Crippen LogP contribution is -2.27. The van der Waals surface area contributed by atoms with Crippen LogP contribution < -0.4 is 5.32 Å². The number of hydrogen-bond donors (Lipinski definition) is 2. The standard InChI is InChI=1S/C18H19N3O2/c1-11-9-15(13(3)23-11)18(22)20-12(2)17-19-10-16(21-17)14-7-5-4-6-8-14/h4-10,12H,1-3H3,(H,19,21)(H,20,22). The summed E-state index contributed by atoms with van der Waals surface area (Å²) in [6.07, 6.45) is 1.78. The van der Waals surface area contributed by atoms with E-state index in [0.717, 1.165) is 22.8 Å². The van der Waals surface area contributed by atoms with E-state index in [-0.39, 0.29) is 11.9 Å². The maximum Gasteiger partial charge on any atom is 0.255 e. The van der Waals surface area contributed by atoms with Gasteiger partial charge in [0.05, 0.1) is 23.5 Å². The largest absolute Gasteiger partial charge is 0.466 e. The van der Waals surface area contributed by atoms with E-state index in [9.17, 15) is 4.79 Å². The third kappa shape index (κ3) is 3.18. The first-order valence-corrected chi connectivity index (χ1v) is 7.53. The molecule has 2 N–H and O–H groups in total. The number of aromatic amines is 1. The summed E-state index contributed by atoms with van der Waals surface area (Å²) < 4.78 is 5.40. The van der Waals surface area contributed by atoms with Gasteiger partial charge in [0.25, 0.3) is 5.91 Å². The molecule has 0 aliphatic heterocycles. The Morgan fingerprint density at radius 2 is 2.00 bits per heavy atom. The van der Waals surface area contributed by atoms with Crippen molar-refractivity contribution in [1.82, 2.24) is 15.3 Å². The summed E-state index contributed by atoms with van der Waals surface area (Å²) >= 11 is 0. The highest BCUT2D eigenvalue weighted by Gasteiger charge is 2.18. The molecule has 1 atom stereocenters. The van der Waals surface area contributed by atoms with Crippen LogP contribution in [0.2, 0.25) is 0 Å². The second kappa shape index (κ2) is 6.12. The maximum absolute atomic E-state index is 12.3. The number of H-pyrrole nitrogens is 1. The van der Waals surface area contributed by atoms with Gasteiger partial charge in [0.2, 0.25) is 0 Å². The summed E-state index contributed by atoms with van der Waals surface area (Å²) in [6, 6.07) is 11.5. The number of aromatic nitrogens is 2. The third-order valence-electron chi connectivity index (χ3n) is 3.72. The number of nitrogens with one attached hydrogen (secondary N) is 2. The second-order valence-corrected chi connectivity index (χ2v) is 5.57. The summed E-state index contributed by atoms with van der Waals surface area (Å²) in [5.41, 5.74) is 2.55. The first-order valence-electron chi connectivity index (χ1n) is 7.53. The van der Waals surface area contributed by atoms with Gasteiger partial charge in [0, 0.05) is 0 Å². The molecule has 0 fully saturated rings. The van der Waals surface area contributed by atoms with E-state index >= 15 is 0 Å². The van der Waals surface area contributed by atoms with Gasteiger partial charge in [-0.25, -0.2) is 4.98 Å². The van der Waals surface area contributed by atoms with Crippen molar-refractivity contribution in [2.45, 2.75) is 26.8 Å². The number of hydrogen-bond acceptors (Lipinski definition) is 3. The smallest absolute Gasteiger partial charge is 0.255 e. The van der Waals surface area contributed by atoms with E-state index in [1.807, 2.05) is 44.2 Å². The molecule has 2 aromatic heterocycles. The van der Waals surface area contributed by atoms with Crippen molar-refractivity contribution >= 4 is 5.91 Å². The predicted molar refractivity (Wildman–Crippen MR) is 88.1 cm³/mol. The molecule has 0 bridgehead atoms. The lowest BCUT2D eigenvalue weighted by atomic mass is 10.2. The second-order valence-electron chi connectivity index (χ2n) is 5.57. The fourth-order valence-corrected chi connectivity index (χ4v) is 2.52. The van der Waals surface area contributed by atoms with Crippen molar-refractivity contribution in [3.05, 3.63) is 65.5 Å². The quantitative estimate of drug-likeness (QED) is 0.770. The molecule has 3 aromatic rings. The first kappa shape index (κ1) is 15.1. The van der Waals surface area contributed by atoms with Crippen LogP contribution in [0.1, 0.15) is 40.7 Å². The topological polar surface area (TPSA) is 70.9 Å². The summed E-state index contributed by atoms with van der Waals surface area (Å²) in [5, 5.41) is 2.94. The average Bonchev–Trinajstić information content (AvgIpc) is 3.15. The Balaban J connectivity index is 1.74. The first-order chi connectivity index (χ1) is 11.0. The van der Waals surface area contributed by atoms with Crippen LogP contribution in [0, 0.1) is 13.8 Å². The van der Waals surface area contributed by atoms with Gasteiger partial charge in [0.15, 0.2) is 0 Å². The molecule has 2 heterocycles. The van der Waals surface area contributed by atoms with Crippen LogP contribution >= 0.6 is 0 Å². The molecule has 0 saturated heterocycles. The van der Waals surface area contributed by atoms with Crippen molar-refractivity contribution < 1.29 is 9.21 Å². The number of aryl methyl sites for hydroxylation is 2. The Hall–Kier alpha value is -2.82. The highest BCUT2D eigenvalue weighted by atomic mass is 16.3. The van der Waals surface area contributed by atoms with Gasteiger partial charge in [0.1, 0.15) is 17.3 Å². The molecule has 5 heteroatoms. The molecule has 3 rings (SSSR count). The van der Waals surface area contributed by atoms with Crippen molar-refractivity contribution in [2.24, 2.45) is 0 Å². The van der Waals surface area contributed by atoms with Crippen molar-refractivity contribution in [3.8, 4) is 11.3 Å². The maximum atomic E-state index is 12.3. The number of rotatable bonds is 4. The summed E-state index contributed by atoms with van der Waals surface area (Å²) in [4.78, 5) is 20.0. The monoisotopic (exact) mass is 309 g/mol. The fourth-order valence-electron chi connectivity index (χ4n) is 2.52. The zero-order valence-electron chi connectivity index (χ0n) is 13.4. The number of imidazole rings is 1. The van der Waals surface area contributed by atoms with Crippen molar-refractivity contribution in [1.29, 1.82) is 0 Å². The summed E-state index contributed by atoms with van der Waals surface area (Å²) in [7, 11) is 0. The molecule has 118 valence electrons. The molecule has 5 nitrogen and oxygen atoms in total. The van der Waals surface area contributed by atoms with E-state index in [1.165, 1.54) is 0 Å². The van der Waals surface area contributed by atoms with Crippen LogP contribution in [0.25, 0.3) is 11.3 Å². The van der Waals surface area contributed by atoms with Crippen LogP contribution in [0.4, 0.5) is 0 Å². The average molecular weight is 309 g/mol. The molecule has 0 aliphatic rings. The molecular weight excluding hydrogens is 290 g/mol. The molecule has 0 aliphatic carbocycles. The van der Waals surface area contributed by atoms with Gasteiger partial charge < -0.3 is 14.7 Å². The van der Waals surface area contributed by atoms with Gasteiger partial charge in [-0.15, -0.1) is 0 Å². The van der Waals surface area contributed by atoms with Gasteiger partial charge in [-0.3, -0.25) is 4.79 Å². The number of carbonyl (C=O) groups excluding carboxylic acids is 1. The Bertz CT molecular complexity index is 818. The molecule has 23 heavy (non-hydrogen) atoms. The number of amides is 1. The minimum absolute atomic E-state index is 0.162. The molecule has 0 spiro atoms. The summed E-state index contributed by atoms with van der Waals surface area (Å²) in [5.74, 6) is 1.90. The normalized spacial score (nSPS) is 12.1. The summed E-state index contributed by atoms with van der Waals surface area (Å²) in [6.45, 7) is 5.51. The number of nitrogens with zero attached hydrogens (tertiary/aromatic N) is 1. The van der Waals surface area contributed by atoms with Crippen LogP contribution in [0.15, 0.2) is 47.0 Å². The van der Waals surface area contributed by atoms with E-state index in [4.69, 9.17) is 4.42 Å². The van der Waals surface area contributed by atoms with Crippen LogP contribution in [-0.4, -0.2) is 15.9 Å². The highest BCUT2D eigenvalue weighted by molar-refractivity contribution is 5.95. The van der Waals surface area contributed by atoms with Crippen LogP contribution in [0.5, 0.6) is 0 Å². The Morgan fingerprint density at radius 1 is 1.26 bits per heavy atom. The fraction of sp³-hybridized carbons (Fsp3) is 0.222. The highest BCUT2D eigenvalue weighted by Crippen LogP contribution is 2.20. The molecule has 0 radical (unpaired) electrons. The van der Waals surface area contributed by atoms with Gasteiger partial charge in [-0.2, -0.15) is 0 Å². The zero-order valence-corrected chi connectivity index (χ0v) is 13.4. The molecule has 0 saturated carbocycles. The van der Waals surface area contributed by atoms with Gasteiger partial charge in [-0.1, -0.05) is 30.3 Å². The lowest BCUT2D eigenvalue weighted by molar-refractivity contribution is 0.0937. The Kier molecular flexibility index (Phi) is 4.02. The predicted octanol–water partition coefficient (Wildman–Crippen LogP) is 3.78. The number of furan rings is 1. The van der Waals surface area contributed by atoms with E-state index < -0.39 is 0 Å². The minimum Gasteiger partial charge on any atom is -0.466 e. The van der Waals surface area contributed by atoms with Crippen molar-refractivity contribution in [2.75, 3.05) is 0 Å². The van der Waals surface area contributed by atoms with E-state index in [0.29, 0.717) is 11.3 Å². The molecular formula is C18H19N3O2. The van der Waals surface area contributed by atoms with Crippen molar-refractivity contribution in [3.63, 3.8) is 0 Å². The Morgan fingerprint density at radius 3 is 2.65 bits per heavy atom. The van der Waals surface area contributed by atoms with E-state index in [2.05, 4.69) is 15.3 Å². The lowest BCUT2D eigenvalue weighted by Gasteiger charge is -2.11. The molecule has 1 amide bonds. The molecule has 1 unspecified atom stereocenters. The SMILES string of the molecule is Cc1cc(C(=O)NC(C)c2ncc(-c3ccccc3)[nH]2)c(C)o1. The molecule has 1 aromatic carbocycles. The van der Waals surface area contributed by atoms with Gasteiger partial charge >= 0.3 is 0 Å². The van der Waals surface area contributed by atoms with Gasteiger partial charge in [-0.05, 0) is 32.4 Å². The minimum atomic E-state index is -0.227. The van der Waals surface area contributed by atoms with Crippen LogP contribution in [-0.2, 0) is 0 Å². The Labute approximate surface area is 134 Å². The number of benzene rings is 1. The number of carbonyl (C=O) groups is 1. The third-order valence-corrected chi connectivity index (χ3v) is 3.72. The van der Waals surface area contributed by atoms with E-state index in [1.54, 1.807) is 19.2 Å².